The number of nitrogens with zero attached hydrogens (tertiary/aromatic N) is 4. The van der Waals surface area contributed by atoms with Crippen LogP contribution in [0.25, 0.3) is 10.7 Å². The summed E-state index contributed by atoms with van der Waals surface area (Å²) in [6, 6.07) is 3.95. The Bertz CT molecular complexity index is 690. The summed E-state index contributed by atoms with van der Waals surface area (Å²) in [7, 11) is 0. The van der Waals surface area contributed by atoms with Crippen LogP contribution in [-0.2, 0) is 16.1 Å². The fraction of sp³-hybridized carbons (Fsp3) is 0.562. The van der Waals surface area contributed by atoms with E-state index in [1.807, 2.05) is 22.4 Å². The summed E-state index contributed by atoms with van der Waals surface area (Å²) in [6.07, 6.45) is -0.343. The van der Waals surface area contributed by atoms with Crippen molar-refractivity contribution in [2.45, 2.75) is 12.6 Å². The van der Waals surface area contributed by atoms with Gasteiger partial charge >= 0.3 is 0 Å². The monoisotopic (exact) mass is 363 g/mol. The maximum absolute atomic E-state index is 12.5. The maximum atomic E-state index is 12.5. The molecule has 0 aromatic carbocycles. The zero-order valence-corrected chi connectivity index (χ0v) is 14.7. The van der Waals surface area contributed by atoms with Crippen molar-refractivity contribution >= 4 is 17.2 Å². The maximum Gasteiger partial charge on any atom is 0.253 e. The molecule has 2 aromatic rings. The standard InChI is InChI=1S/C16H21N5O3S/c22-16(12-10-17-3-8-23-12)21-6-4-20(5-7-21)11-14-18-15(19-24-14)13-2-1-9-25-13/h1-2,9,12,17H,3-8,10-11H2. The van der Waals surface area contributed by atoms with Crippen LogP contribution < -0.4 is 5.32 Å². The first-order chi connectivity index (χ1) is 12.3. The molecule has 0 radical (unpaired) electrons. The highest BCUT2D eigenvalue weighted by atomic mass is 32.1. The van der Waals surface area contributed by atoms with E-state index in [4.69, 9.17) is 9.26 Å². The molecule has 1 N–H and O–H groups in total. The number of ether oxygens (including phenoxy) is 1. The van der Waals surface area contributed by atoms with E-state index < -0.39 is 0 Å². The van der Waals surface area contributed by atoms with Crippen LogP contribution in [-0.4, -0.2) is 77.8 Å². The van der Waals surface area contributed by atoms with E-state index in [2.05, 4.69) is 20.4 Å². The number of aromatic nitrogens is 2. The first-order valence-corrected chi connectivity index (χ1v) is 9.37. The molecule has 9 heteroatoms. The number of amides is 1. The predicted octanol–water partition coefficient (Wildman–Crippen LogP) is 0.431. The third-order valence-corrected chi connectivity index (χ3v) is 5.32. The lowest BCUT2D eigenvalue weighted by molar-refractivity contribution is -0.147. The highest BCUT2D eigenvalue weighted by Gasteiger charge is 2.29. The van der Waals surface area contributed by atoms with Crippen LogP contribution in [0.1, 0.15) is 5.89 Å². The summed E-state index contributed by atoms with van der Waals surface area (Å²) in [4.78, 5) is 22.0. The molecular formula is C16H21N5O3S. The molecule has 0 aliphatic carbocycles. The van der Waals surface area contributed by atoms with E-state index in [1.165, 1.54) is 0 Å². The van der Waals surface area contributed by atoms with E-state index in [9.17, 15) is 4.79 Å². The third-order valence-electron chi connectivity index (χ3n) is 4.46. The minimum atomic E-state index is -0.343. The van der Waals surface area contributed by atoms with Gasteiger partial charge < -0.3 is 19.5 Å². The number of hydrogen-bond donors (Lipinski definition) is 1. The van der Waals surface area contributed by atoms with Gasteiger partial charge in [-0.1, -0.05) is 11.2 Å². The molecule has 2 aromatic heterocycles. The molecule has 1 unspecified atom stereocenters. The van der Waals surface area contributed by atoms with Crippen molar-refractivity contribution in [1.29, 1.82) is 0 Å². The number of nitrogens with one attached hydrogen (secondary N) is 1. The summed E-state index contributed by atoms with van der Waals surface area (Å²) in [5.41, 5.74) is 0. The molecule has 0 bridgehead atoms. The number of morpholine rings is 1. The van der Waals surface area contributed by atoms with Crippen molar-refractivity contribution in [3.63, 3.8) is 0 Å². The minimum absolute atomic E-state index is 0.0876. The fourth-order valence-electron chi connectivity index (χ4n) is 3.07. The summed E-state index contributed by atoms with van der Waals surface area (Å²) >= 11 is 1.59. The molecule has 4 heterocycles. The zero-order valence-electron chi connectivity index (χ0n) is 13.9. The van der Waals surface area contributed by atoms with Crippen molar-refractivity contribution in [2.24, 2.45) is 0 Å². The van der Waals surface area contributed by atoms with E-state index >= 15 is 0 Å². The highest BCUT2D eigenvalue weighted by molar-refractivity contribution is 7.13. The molecule has 1 amide bonds. The van der Waals surface area contributed by atoms with E-state index in [-0.39, 0.29) is 12.0 Å². The molecule has 4 rings (SSSR count). The lowest BCUT2D eigenvalue weighted by atomic mass is 10.2. The number of thiophene rings is 1. The Labute approximate surface area is 149 Å². The van der Waals surface area contributed by atoms with Crippen LogP contribution in [0.3, 0.4) is 0 Å². The van der Waals surface area contributed by atoms with Crippen LogP contribution in [0.2, 0.25) is 0 Å². The Kier molecular flexibility index (Phi) is 5.07. The molecule has 25 heavy (non-hydrogen) atoms. The Morgan fingerprint density at radius 1 is 1.36 bits per heavy atom. The molecule has 2 aliphatic rings. The summed E-state index contributed by atoms with van der Waals surface area (Å²) < 4.78 is 10.9. The first-order valence-electron chi connectivity index (χ1n) is 8.49. The normalized spacial score (nSPS) is 22.2. The minimum Gasteiger partial charge on any atom is -0.366 e. The number of carbonyl (C=O) groups is 1. The van der Waals surface area contributed by atoms with Gasteiger partial charge in [0.15, 0.2) is 0 Å². The quantitative estimate of drug-likeness (QED) is 0.843. The summed E-state index contributed by atoms with van der Waals surface area (Å²) in [6.45, 7) is 5.62. The second-order valence-electron chi connectivity index (χ2n) is 6.15. The molecular weight excluding hydrogens is 342 g/mol. The zero-order chi connectivity index (χ0) is 17.1. The van der Waals surface area contributed by atoms with Crippen LogP contribution >= 0.6 is 11.3 Å². The van der Waals surface area contributed by atoms with Gasteiger partial charge in [0.2, 0.25) is 11.7 Å². The van der Waals surface area contributed by atoms with Gasteiger partial charge in [-0.05, 0) is 11.4 Å². The number of rotatable bonds is 4. The van der Waals surface area contributed by atoms with Crippen LogP contribution in [0.15, 0.2) is 22.0 Å². The average Bonchev–Trinajstić information content (AvgIpc) is 3.34. The van der Waals surface area contributed by atoms with Crippen molar-refractivity contribution in [3.8, 4) is 10.7 Å². The summed E-state index contributed by atoms with van der Waals surface area (Å²) in [5.74, 6) is 1.34. The van der Waals surface area contributed by atoms with Crippen molar-refractivity contribution in [2.75, 3.05) is 45.9 Å². The molecule has 134 valence electrons. The van der Waals surface area contributed by atoms with Gasteiger partial charge in [0.1, 0.15) is 6.10 Å². The number of hydrogen-bond acceptors (Lipinski definition) is 8. The van der Waals surface area contributed by atoms with Gasteiger partial charge in [-0.3, -0.25) is 9.69 Å². The number of piperazine rings is 1. The summed E-state index contributed by atoms with van der Waals surface area (Å²) in [5, 5.41) is 9.23. The average molecular weight is 363 g/mol. The smallest absolute Gasteiger partial charge is 0.253 e. The van der Waals surface area contributed by atoms with Crippen LogP contribution in [0, 0.1) is 0 Å². The Balaban J connectivity index is 1.28. The predicted molar refractivity (Wildman–Crippen MR) is 92.1 cm³/mol. The van der Waals surface area contributed by atoms with Gasteiger partial charge in [-0.25, -0.2) is 0 Å². The first kappa shape index (κ1) is 16.6. The largest absolute Gasteiger partial charge is 0.366 e. The molecule has 0 saturated carbocycles. The molecule has 2 saturated heterocycles. The topological polar surface area (TPSA) is 83.7 Å². The van der Waals surface area contributed by atoms with Crippen molar-refractivity contribution < 1.29 is 14.1 Å². The Hall–Kier alpha value is -1.81. The molecule has 2 aliphatic heterocycles. The van der Waals surface area contributed by atoms with Gasteiger partial charge in [0, 0.05) is 39.3 Å². The second kappa shape index (κ2) is 7.61. The van der Waals surface area contributed by atoms with Crippen LogP contribution in [0.5, 0.6) is 0 Å². The SMILES string of the molecule is O=C(C1CNCCO1)N1CCN(Cc2nc(-c3cccs3)no2)CC1. The van der Waals surface area contributed by atoms with Crippen molar-refractivity contribution in [3.05, 3.63) is 23.4 Å². The lowest BCUT2D eigenvalue weighted by Gasteiger charge is -2.36. The molecule has 2 fully saturated rings. The van der Waals surface area contributed by atoms with Crippen LogP contribution in [0.4, 0.5) is 0 Å². The second-order valence-corrected chi connectivity index (χ2v) is 7.10. The fourth-order valence-corrected chi connectivity index (χ4v) is 3.72. The molecule has 0 spiro atoms. The number of carbonyl (C=O) groups excluding carboxylic acids is 1. The molecule has 8 nitrogen and oxygen atoms in total. The lowest BCUT2D eigenvalue weighted by Crippen LogP contribution is -2.54. The highest BCUT2D eigenvalue weighted by Crippen LogP contribution is 2.21. The van der Waals surface area contributed by atoms with E-state index in [1.54, 1.807) is 11.3 Å². The molecule has 1 atom stereocenters. The van der Waals surface area contributed by atoms with Crippen molar-refractivity contribution in [1.82, 2.24) is 25.3 Å². The Morgan fingerprint density at radius 3 is 2.96 bits per heavy atom. The third kappa shape index (κ3) is 3.90. The van der Waals surface area contributed by atoms with Gasteiger partial charge in [0.25, 0.3) is 5.91 Å². The van der Waals surface area contributed by atoms with E-state index in [0.29, 0.717) is 44.5 Å². The Morgan fingerprint density at radius 2 is 2.24 bits per heavy atom. The van der Waals surface area contributed by atoms with E-state index in [0.717, 1.165) is 24.5 Å². The van der Waals surface area contributed by atoms with Gasteiger partial charge in [-0.15, -0.1) is 11.3 Å². The van der Waals surface area contributed by atoms with Gasteiger partial charge in [0.05, 0.1) is 18.0 Å². The van der Waals surface area contributed by atoms with Gasteiger partial charge in [-0.2, -0.15) is 4.98 Å².